The molecule has 6 N–H and O–H groups in total. The van der Waals surface area contributed by atoms with Crippen LogP contribution >= 0.6 is 0 Å². The van der Waals surface area contributed by atoms with E-state index in [2.05, 4.69) is 5.32 Å². The monoisotopic (exact) mass is 751 g/mol. The number of esters is 1. The zero-order valence-electron chi connectivity index (χ0n) is 32.4. The Kier molecular flexibility index (Phi) is 12.9. The van der Waals surface area contributed by atoms with Gasteiger partial charge in [-0.05, 0) is 52.7 Å². The van der Waals surface area contributed by atoms with Gasteiger partial charge >= 0.3 is 5.97 Å². The Bertz CT molecular complexity index is 1850. The highest BCUT2D eigenvalue weighted by Gasteiger charge is 2.51. The van der Waals surface area contributed by atoms with E-state index in [1.807, 2.05) is 6.92 Å². The van der Waals surface area contributed by atoms with Crippen molar-refractivity contribution in [3.8, 4) is 11.5 Å². The van der Waals surface area contributed by atoms with Gasteiger partial charge in [-0.3, -0.25) is 24.0 Å². The molecule has 0 saturated carbocycles. The average molecular weight is 752 g/mol. The van der Waals surface area contributed by atoms with Gasteiger partial charge in [-0.15, -0.1) is 0 Å². The molecule has 0 radical (unpaired) electrons. The second kappa shape index (κ2) is 16.5. The number of allylic oxidation sites excluding steroid dienone is 5. The summed E-state index contributed by atoms with van der Waals surface area (Å²) >= 11 is 0. The molecule has 1 unspecified atom stereocenters. The second-order valence-electron chi connectivity index (χ2n) is 15.1. The lowest BCUT2D eigenvalue weighted by Gasteiger charge is -2.43. The summed E-state index contributed by atoms with van der Waals surface area (Å²) in [6.45, 7) is 13.6. The molecule has 1 saturated heterocycles. The van der Waals surface area contributed by atoms with Crippen molar-refractivity contribution in [1.29, 1.82) is 0 Å². The largest absolute Gasteiger partial charge is 0.507 e. The Labute approximate surface area is 315 Å². The van der Waals surface area contributed by atoms with Gasteiger partial charge in [-0.2, -0.15) is 0 Å². The number of nitrogens with one attached hydrogen (secondary N) is 1. The molecule has 1 aliphatic carbocycles. The number of aliphatic hydroxyl groups excluding tert-OH is 3. The van der Waals surface area contributed by atoms with E-state index in [-0.39, 0.29) is 45.9 Å². The number of rotatable bonds is 5. The van der Waals surface area contributed by atoms with Gasteiger partial charge in [-0.1, -0.05) is 58.8 Å². The minimum Gasteiger partial charge on any atom is -0.507 e. The average Bonchev–Trinajstić information content (AvgIpc) is 3.11. The molecule has 9 atom stereocenters. The van der Waals surface area contributed by atoms with Crippen molar-refractivity contribution in [2.45, 2.75) is 112 Å². The molecule has 1 aromatic carbocycles. The van der Waals surface area contributed by atoms with Gasteiger partial charge in [0.2, 0.25) is 5.78 Å². The first-order chi connectivity index (χ1) is 25.2. The molecule has 5 heterocycles. The van der Waals surface area contributed by atoms with Crippen molar-refractivity contribution in [1.82, 2.24) is 5.32 Å². The molecule has 294 valence electrons. The number of phenols is 1. The number of hydrogen-bond acceptors (Lipinski definition) is 12. The predicted molar refractivity (Wildman–Crippen MR) is 198 cm³/mol. The summed E-state index contributed by atoms with van der Waals surface area (Å²) in [5, 5.41) is 59.6. The molecular formula is C41H53NO12. The van der Waals surface area contributed by atoms with Gasteiger partial charge in [-0.25, -0.2) is 0 Å². The molecule has 13 nitrogen and oxygen atoms in total. The van der Waals surface area contributed by atoms with E-state index in [9.17, 15) is 49.5 Å². The van der Waals surface area contributed by atoms with Crippen LogP contribution in [0.25, 0.3) is 0 Å². The minimum atomic E-state index is -2.24. The summed E-state index contributed by atoms with van der Waals surface area (Å²) in [6.07, 6.45) is 2.17. The van der Waals surface area contributed by atoms with Gasteiger partial charge in [0.1, 0.15) is 29.1 Å². The van der Waals surface area contributed by atoms with Crippen LogP contribution in [0.2, 0.25) is 0 Å². The van der Waals surface area contributed by atoms with Gasteiger partial charge in [0.25, 0.3) is 5.91 Å². The Balaban J connectivity index is 1.96. The molecule has 13 heteroatoms. The summed E-state index contributed by atoms with van der Waals surface area (Å²) in [7, 11) is 0. The second-order valence-corrected chi connectivity index (χ2v) is 15.1. The van der Waals surface area contributed by atoms with E-state index in [1.54, 1.807) is 19.9 Å². The van der Waals surface area contributed by atoms with Gasteiger partial charge in [0.05, 0.1) is 47.3 Å². The summed E-state index contributed by atoms with van der Waals surface area (Å²) in [6, 6.07) is 0. The maximum atomic E-state index is 14.5. The molecule has 1 amide bonds. The SMILES string of the molecule is CCCCCOc1c(C)c(O)c2c3c1C(=O)/C(C)=C/[C@@](C)(O)[C@H](O)[C@@H](C)[C@@H](O)[C@@H]1C(=O)O[C@@H](C(C)[C@H]1O)[C@H](C)/C=C\C=C(/C)C(=O)NC(=C(C)C3=O)C2=O. The fourth-order valence-electron chi connectivity index (χ4n) is 7.47. The van der Waals surface area contributed by atoms with Crippen molar-refractivity contribution in [3.63, 3.8) is 0 Å². The van der Waals surface area contributed by atoms with Crippen molar-refractivity contribution in [2.24, 2.45) is 23.7 Å². The highest BCUT2D eigenvalue weighted by Crippen LogP contribution is 2.44. The van der Waals surface area contributed by atoms with Crippen molar-refractivity contribution in [3.05, 3.63) is 69.0 Å². The zero-order chi connectivity index (χ0) is 40.6. The lowest BCUT2D eigenvalue weighted by atomic mass is 9.73. The Morgan fingerprint density at radius 1 is 0.852 bits per heavy atom. The van der Waals surface area contributed by atoms with E-state index in [1.165, 1.54) is 53.7 Å². The van der Waals surface area contributed by atoms with Crippen molar-refractivity contribution < 1.29 is 59.0 Å². The first kappa shape index (κ1) is 42.3. The summed E-state index contributed by atoms with van der Waals surface area (Å²) in [5.74, 6) is -8.85. The number of unbranched alkanes of at least 4 members (excludes halogenated alkanes) is 2. The number of carbonyl (C=O) groups excluding carboxylic acids is 5. The summed E-state index contributed by atoms with van der Waals surface area (Å²) in [4.78, 5) is 69.4. The molecule has 7 rings (SSSR count). The van der Waals surface area contributed by atoms with E-state index in [4.69, 9.17) is 9.47 Å². The highest BCUT2D eigenvalue weighted by atomic mass is 16.6. The molecule has 6 bridgehead atoms. The van der Waals surface area contributed by atoms with E-state index >= 15 is 0 Å². The van der Waals surface area contributed by atoms with E-state index in [0.29, 0.717) is 6.42 Å². The molecule has 1 fully saturated rings. The molecule has 0 spiro atoms. The van der Waals surface area contributed by atoms with Crippen LogP contribution in [-0.2, 0) is 14.3 Å². The summed E-state index contributed by atoms with van der Waals surface area (Å²) < 4.78 is 11.7. The molecule has 54 heavy (non-hydrogen) atoms. The Morgan fingerprint density at radius 2 is 1.48 bits per heavy atom. The maximum Gasteiger partial charge on any atom is 0.314 e. The van der Waals surface area contributed by atoms with E-state index in [0.717, 1.165) is 18.9 Å². The zero-order valence-corrected chi connectivity index (χ0v) is 32.4. The third kappa shape index (κ3) is 7.86. The third-order valence-corrected chi connectivity index (χ3v) is 11.0. The smallest absolute Gasteiger partial charge is 0.314 e. The van der Waals surface area contributed by atoms with Gasteiger partial charge < -0.3 is 40.3 Å². The van der Waals surface area contributed by atoms with Crippen LogP contribution in [0, 0.1) is 30.6 Å². The molecule has 0 aromatic heterocycles. The third-order valence-electron chi connectivity index (χ3n) is 11.0. The number of Topliss-reactive ketones (excluding diaryl/α,β-unsaturated/α-hetero) is 3. The predicted octanol–water partition coefficient (Wildman–Crippen LogP) is 3.97. The maximum absolute atomic E-state index is 14.5. The van der Waals surface area contributed by atoms with E-state index < -0.39 is 99.8 Å². The number of ketones is 3. The molecule has 6 aliphatic rings. The van der Waals surface area contributed by atoms with Crippen LogP contribution in [0.1, 0.15) is 111 Å². The van der Waals surface area contributed by atoms with Crippen LogP contribution in [-0.4, -0.2) is 91.4 Å². The van der Waals surface area contributed by atoms with Crippen molar-refractivity contribution in [2.75, 3.05) is 6.61 Å². The highest BCUT2D eigenvalue weighted by molar-refractivity contribution is 6.32. The number of hydrogen-bond donors (Lipinski definition) is 6. The van der Waals surface area contributed by atoms with Crippen LogP contribution in [0.4, 0.5) is 0 Å². The lowest BCUT2D eigenvalue weighted by molar-refractivity contribution is -0.198. The fraction of sp³-hybridized carbons (Fsp3) is 0.537. The summed E-state index contributed by atoms with van der Waals surface area (Å²) in [5.41, 5.74) is -4.17. The topological polar surface area (TPSA) is 217 Å². The number of amides is 1. The number of aromatic hydroxyl groups is 1. The standard InChI is InChI=1S/C41H53NO12/c1-10-11-12-16-53-37-23(7)32(45)26-25-27(37)30(43)20(4)17-41(9,52)38(49)24(8)34(47)28-33(46)22(6)36(54-40(28)51)18(2)14-13-15-19(3)39(50)42-29(35(26)48)21(5)31(25)44/h13-15,17-18,22,24,28,33-34,36,38,45-47,49,52H,10-12,16H2,1-9H3,(H,42,50)/b14-13-,19-15+,20-17+/t18-,22?,24+,28-,33-,34-,36-,38-,41-/m1/s1. The van der Waals surface area contributed by atoms with Crippen molar-refractivity contribution >= 4 is 29.2 Å². The molecule has 5 aliphatic heterocycles. The number of ether oxygens (including phenoxy) is 2. The fourth-order valence-corrected chi connectivity index (χ4v) is 7.47. The Morgan fingerprint density at radius 3 is 2.11 bits per heavy atom. The normalized spacial score (nSPS) is 33.8. The van der Waals surface area contributed by atoms with Crippen LogP contribution in [0.15, 0.2) is 46.7 Å². The van der Waals surface area contributed by atoms with Crippen LogP contribution < -0.4 is 10.1 Å². The Hall–Kier alpha value is -4.43. The van der Waals surface area contributed by atoms with Gasteiger partial charge in [0, 0.05) is 34.5 Å². The first-order valence-electron chi connectivity index (χ1n) is 18.4. The first-order valence-corrected chi connectivity index (χ1v) is 18.4. The number of aliphatic hydroxyl groups is 4. The van der Waals surface area contributed by atoms with Crippen LogP contribution in [0.3, 0.4) is 0 Å². The number of carbonyl (C=O) groups is 5. The molecular weight excluding hydrogens is 698 g/mol. The number of benzene rings is 1. The lowest BCUT2D eigenvalue weighted by Crippen LogP contribution is -2.57. The molecule has 1 aromatic rings. The van der Waals surface area contributed by atoms with Gasteiger partial charge in [0.15, 0.2) is 11.6 Å². The minimum absolute atomic E-state index is 0.00767. The quantitative estimate of drug-likeness (QED) is 0.186. The van der Waals surface area contributed by atoms with Crippen LogP contribution in [0.5, 0.6) is 11.5 Å². The number of phenolic OH excluding ortho intramolecular Hbond substituents is 1.